The van der Waals surface area contributed by atoms with E-state index >= 15 is 0 Å². The molecule has 0 saturated carbocycles. The molecule has 1 aromatic rings. The largest absolute Gasteiger partial charge is 0.425 e. The Bertz CT molecular complexity index is 657. The Hall–Kier alpha value is -1.51. The number of hydrogen-bond acceptors (Lipinski definition) is 7. The number of hydrogen-bond donors (Lipinski definition) is 0. The second-order valence-corrected chi connectivity index (χ2v) is 7.32. The van der Waals surface area contributed by atoms with Gasteiger partial charge in [0.15, 0.2) is 24.0 Å². The minimum absolute atomic E-state index is 0.442. The second kappa shape index (κ2) is 5.75. The number of ether oxygens (including phenoxy) is 6. The molecule has 0 radical (unpaired) electrons. The fourth-order valence-electron chi connectivity index (χ4n) is 3.46. The first kappa shape index (κ1) is 16.9. The molecule has 4 rings (SSSR count). The van der Waals surface area contributed by atoms with Gasteiger partial charge >= 0.3 is 5.97 Å². The molecule has 7 heteroatoms. The van der Waals surface area contributed by atoms with Crippen molar-refractivity contribution in [2.45, 2.75) is 70.0 Å². The molecule has 3 aliphatic heterocycles. The molecule has 5 atom stereocenters. The Morgan fingerprint density at radius 2 is 1.48 bits per heavy atom. The zero-order valence-electron chi connectivity index (χ0n) is 14.6. The zero-order chi connectivity index (χ0) is 17.8. The Labute approximate surface area is 146 Å². The fourth-order valence-corrected chi connectivity index (χ4v) is 3.46. The first-order valence-electron chi connectivity index (χ1n) is 8.38. The lowest BCUT2D eigenvalue weighted by Gasteiger charge is -2.35. The summed E-state index contributed by atoms with van der Waals surface area (Å²) in [6, 6.07) is 8.83. The van der Waals surface area contributed by atoms with E-state index in [4.69, 9.17) is 28.4 Å². The van der Waals surface area contributed by atoms with E-state index in [9.17, 15) is 4.79 Å². The SMILES string of the molecule is CC1(C)O[C@H]2[C@@H](O1)[C@@H](C(=O)Oc1ccccc1)O[C@H]1OC(C)(C)O[C@@H]12. The van der Waals surface area contributed by atoms with Crippen molar-refractivity contribution >= 4 is 5.97 Å². The molecule has 3 fully saturated rings. The van der Waals surface area contributed by atoms with Gasteiger partial charge < -0.3 is 28.4 Å². The summed E-state index contributed by atoms with van der Waals surface area (Å²) in [4.78, 5) is 12.7. The molecule has 3 saturated heterocycles. The average Bonchev–Trinajstić information content (AvgIpc) is 3.01. The number of esters is 1. The maximum atomic E-state index is 12.7. The highest BCUT2D eigenvalue weighted by atomic mass is 16.9. The predicted molar refractivity (Wildman–Crippen MR) is 84.6 cm³/mol. The van der Waals surface area contributed by atoms with Crippen molar-refractivity contribution in [3.8, 4) is 5.75 Å². The molecule has 0 aliphatic carbocycles. The highest BCUT2D eigenvalue weighted by Crippen LogP contribution is 2.44. The summed E-state index contributed by atoms with van der Waals surface area (Å²) in [7, 11) is 0. The van der Waals surface area contributed by atoms with Crippen LogP contribution in [0.15, 0.2) is 30.3 Å². The maximum Gasteiger partial charge on any atom is 0.343 e. The van der Waals surface area contributed by atoms with E-state index in [2.05, 4.69) is 0 Å². The van der Waals surface area contributed by atoms with Crippen LogP contribution in [0.4, 0.5) is 0 Å². The van der Waals surface area contributed by atoms with Gasteiger partial charge in [-0.05, 0) is 39.8 Å². The summed E-state index contributed by atoms with van der Waals surface area (Å²) in [6.07, 6.45) is -3.27. The van der Waals surface area contributed by atoms with Gasteiger partial charge in [-0.1, -0.05) is 18.2 Å². The maximum absolute atomic E-state index is 12.7. The molecule has 136 valence electrons. The van der Waals surface area contributed by atoms with Gasteiger partial charge in [-0.15, -0.1) is 0 Å². The Morgan fingerprint density at radius 1 is 0.880 bits per heavy atom. The van der Waals surface area contributed by atoms with Gasteiger partial charge in [0.05, 0.1) is 0 Å². The summed E-state index contributed by atoms with van der Waals surface area (Å²) >= 11 is 0. The fraction of sp³-hybridized carbons (Fsp3) is 0.611. The van der Waals surface area contributed by atoms with Gasteiger partial charge in [0.1, 0.15) is 24.1 Å². The van der Waals surface area contributed by atoms with Crippen LogP contribution in [0, 0.1) is 0 Å². The normalized spacial score (nSPS) is 38.0. The number of carbonyl (C=O) groups excluding carboxylic acids is 1. The van der Waals surface area contributed by atoms with Crippen LogP contribution in [0.5, 0.6) is 5.75 Å². The van der Waals surface area contributed by atoms with Crippen LogP contribution < -0.4 is 4.74 Å². The number of fused-ring (bicyclic) bond motifs is 3. The molecule has 0 spiro atoms. The van der Waals surface area contributed by atoms with Gasteiger partial charge in [-0.3, -0.25) is 0 Å². The number of benzene rings is 1. The standard InChI is InChI=1S/C18H22O7/c1-17(2)22-11-12(23-17)14-16(25-18(3,4)24-14)21-13(11)15(19)20-10-8-6-5-7-9-10/h5-9,11-14,16H,1-4H3/t11-,12+,13+,14-,16+/m1/s1. The quantitative estimate of drug-likeness (QED) is 0.596. The topological polar surface area (TPSA) is 72.5 Å². The number of rotatable bonds is 2. The molecule has 0 aromatic heterocycles. The average molecular weight is 350 g/mol. The van der Waals surface area contributed by atoms with E-state index < -0.39 is 48.2 Å². The minimum atomic E-state index is -0.967. The van der Waals surface area contributed by atoms with Crippen molar-refractivity contribution in [1.29, 1.82) is 0 Å². The van der Waals surface area contributed by atoms with Crippen molar-refractivity contribution < 1.29 is 33.2 Å². The summed E-state index contributed by atoms with van der Waals surface area (Å²) in [5, 5.41) is 0. The van der Waals surface area contributed by atoms with E-state index in [1.54, 1.807) is 52.0 Å². The van der Waals surface area contributed by atoms with Gasteiger partial charge in [-0.25, -0.2) is 4.79 Å². The van der Waals surface area contributed by atoms with Gasteiger partial charge in [0.25, 0.3) is 0 Å². The molecule has 0 N–H and O–H groups in total. The minimum Gasteiger partial charge on any atom is -0.425 e. The van der Waals surface area contributed by atoms with Crippen molar-refractivity contribution in [3.63, 3.8) is 0 Å². The van der Waals surface area contributed by atoms with E-state index in [0.29, 0.717) is 5.75 Å². The number of carbonyl (C=O) groups is 1. The smallest absolute Gasteiger partial charge is 0.343 e. The first-order valence-corrected chi connectivity index (χ1v) is 8.38. The number of para-hydroxylation sites is 1. The van der Waals surface area contributed by atoms with Gasteiger partial charge in [0.2, 0.25) is 0 Å². The molecule has 7 nitrogen and oxygen atoms in total. The molecule has 1 aromatic carbocycles. The van der Waals surface area contributed by atoms with Crippen molar-refractivity contribution in [3.05, 3.63) is 30.3 Å². The third-order valence-corrected chi connectivity index (χ3v) is 4.35. The van der Waals surface area contributed by atoms with Crippen LogP contribution in [0.3, 0.4) is 0 Å². The van der Waals surface area contributed by atoms with Gasteiger partial charge in [0, 0.05) is 0 Å². The molecule has 3 aliphatic rings. The molecule has 3 heterocycles. The van der Waals surface area contributed by atoms with Crippen molar-refractivity contribution in [1.82, 2.24) is 0 Å². The predicted octanol–water partition coefficient (Wildman–Crippen LogP) is 1.99. The second-order valence-electron chi connectivity index (χ2n) is 7.32. The van der Waals surface area contributed by atoms with E-state index in [0.717, 1.165) is 0 Å². The highest BCUT2D eigenvalue weighted by molar-refractivity contribution is 5.78. The van der Waals surface area contributed by atoms with Crippen molar-refractivity contribution in [2.24, 2.45) is 0 Å². The lowest BCUT2D eigenvalue weighted by molar-refractivity contribution is -0.236. The molecular formula is C18H22O7. The lowest BCUT2D eigenvalue weighted by Crippen LogP contribution is -2.58. The summed E-state index contributed by atoms with van der Waals surface area (Å²) in [5.74, 6) is -1.78. The highest BCUT2D eigenvalue weighted by Gasteiger charge is 2.62. The molecule has 0 amide bonds. The van der Waals surface area contributed by atoms with Gasteiger partial charge in [-0.2, -0.15) is 0 Å². The van der Waals surface area contributed by atoms with E-state index in [1.807, 2.05) is 6.07 Å². The Morgan fingerprint density at radius 3 is 2.20 bits per heavy atom. The van der Waals surface area contributed by atoms with Crippen molar-refractivity contribution in [2.75, 3.05) is 0 Å². The monoisotopic (exact) mass is 350 g/mol. The lowest BCUT2D eigenvalue weighted by atomic mass is 9.99. The van der Waals surface area contributed by atoms with Crippen LogP contribution in [-0.2, 0) is 28.5 Å². The Balaban J connectivity index is 1.58. The van der Waals surface area contributed by atoms with Crippen LogP contribution in [0.1, 0.15) is 27.7 Å². The molecule has 0 unspecified atom stereocenters. The van der Waals surface area contributed by atoms with E-state index in [-0.39, 0.29) is 0 Å². The van der Waals surface area contributed by atoms with E-state index in [1.165, 1.54) is 0 Å². The van der Waals surface area contributed by atoms with Crippen LogP contribution in [0.2, 0.25) is 0 Å². The molecule has 25 heavy (non-hydrogen) atoms. The molecule has 0 bridgehead atoms. The molecular weight excluding hydrogens is 328 g/mol. The summed E-state index contributed by atoms with van der Waals surface area (Å²) < 4.78 is 34.9. The zero-order valence-corrected chi connectivity index (χ0v) is 14.6. The third-order valence-electron chi connectivity index (χ3n) is 4.35. The van der Waals surface area contributed by atoms with Crippen LogP contribution in [0.25, 0.3) is 0 Å². The third kappa shape index (κ3) is 3.18. The summed E-state index contributed by atoms with van der Waals surface area (Å²) in [6.45, 7) is 7.17. The van der Waals surface area contributed by atoms with Crippen LogP contribution in [-0.4, -0.2) is 48.2 Å². The summed E-state index contributed by atoms with van der Waals surface area (Å²) in [5.41, 5.74) is 0. The Kier molecular flexibility index (Phi) is 3.90. The van der Waals surface area contributed by atoms with Crippen LogP contribution >= 0.6 is 0 Å². The first-order chi connectivity index (χ1) is 11.7.